The fraction of sp³-hybridized carbons (Fsp3) is 0.312. The highest BCUT2D eigenvalue weighted by atomic mass is 19.4. The highest BCUT2D eigenvalue weighted by molar-refractivity contribution is 5.91. The molecule has 0 saturated carbocycles. The van der Waals surface area contributed by atoms with E-state index in [1.165, 1.54) is 25.7 Å². The summed E-state index contributed by atoms with van der Waals surface area (Å²) in [7, 11) is 1.34. The molecule has 3 aromatic heterocycles. The Bertz CT molecular complexity index is 961. The molecule has 3 N–H and O–H groups in total. The Morgan fingerprint density at radius 3 is 2.93 bits per heavy atom. The molecule has 1 atom stereocenters. The summed E-state index contributed by atoms with van der Waals surface area (Å²) in [5.41, 5.74) is 1.25. The lowest BCUT2D eigenvalue weighted by atomic mass is 10.2. The molecule has 0 radical (unpaired) electrons. The highest BCUT2D eigenvalue weighted by Gasteiger charge is 2.29. The molecule has 0 bridgehead atoms. The van der Waals surface area contributed by atoms with E-state index in [1.807, 2.05) is 5.32 Å². The van der Waals surface area contributed by atoms with Gasteiger partial charge in [-0.15, -0.1) is 0 Å². The summed E-state index contributed by atoms with van der Waals surface area (Å²) in [4.78, 5) is 31.6. The normalized spacial score (nSPS) is 12.7. The molecule has 3 rings (SSSR count). The first-order valence-corrected chi connectivity index (χ1v) is 8.08. The van der Waals surface area contributed by atoms with Crippen LogP contribution in [0.15, 0.2) is 31.0 Å². The lowest BCUT2D eigenvalue weighted by Gasteiger charge is -2.19. The van der Waals surface area contributed by atoms with E-state index < -0.39 is 24.7 Å². The van der Waals surface area contributed by atoms with Crippen LogP contribution in [0.3, 0.4) is 0 Å². The van der Waals surface area contributed by atoms with E-state index in [4.69, 9.17) is 4.74 Å². The number of fused-ring (bicyclic) bond motifs is 1. The number of aromatic nitrogens is 5. The number of alkyl halides is 3. The molecule has 9 nitrogen and oxygen atoms in total. The van der Waals surface area contributed by atoms with E-state index in [2.05, 4.69) is 30.2 Å². The molecule has 3 aromatic rings. The van der Waals surface area contributed by atoms with Crippen molar-refractivity contribution in [2.75, 3.05) is 25.6 Å². The number of amides is 1. The van der Waals surface area contributed by atoms with E-state index in [9.17, 15) is 18.0 Å². The van der Waals surface area contributed by atoms with Gasteiger partial charge in [-0.25, -0.2) is 19.9 Å². The Labute approximate surface area is 156 Å². The molecule has 1 amide bonds. The Morgan fingerprint density at radius 2 is 2.18 bits per heavy atom. The molecule has 0 aliphatic heterocycles. The number of carbonyl (C=O) groups is 1. The third kappa shape index (κ3) is 4.71. The molecule has 148 valence electrons. The Balaban J connectivity index is 1.79. The van der Waals surface area contributed by atoms with Crippen LogP contribution in [0.2, 0.25) is 0 Å². The van der Waals surface area contributed by atoms with Crippen molar-refractivity contribution in [2.45, 2.75) is 12.2 Å². The first kappa shape index (κ1) is 19.5. The summed E-state index contributed by atoms with van der Waals surface area (Å²) < 4.78 is 41.9. The lowest BCUT2D eigenvalue weighted by molar-refractivity contribution is -0.139. The Hall–Kier alpha value is -3.28. The Kier molecular flexibility index (Phi) is 5.68. The number of methoxy groups -OCH3 is 1. The zero-order valence-electron chi connectivity index (χ0n) is 14.6. The van der Waals surface area contributed by atoms with Gasteiger partial charge >= 0.3 is 6.18 Å². The van der Waals surface area contributed by atoms with E-state index in [1.54, 1.807) is 12.4 Å². The maximum Gasteiger partial charge on any atom is 0.405 e. The minimum absolute atomic E-state index is 0.149. The van der Waals surface area contributed by atoms with Gasteiger partial charge in [-0.3, -0.25) is 4.79 Å². The van der Waals surface area contributed by atoms with Crippen molar-refractivity contribution in [1.82, 2.24) is 30.2 Å². The minimum atomic E-state index is -4.51. The standard InChI is InChI=1S/C16H16F3N7O2/c1-28-6-11(15(27)23-7-16(17,18)19)25-12-2-3-21-14(26-12)10-5-22-13-9(10)4-20-8-24-13/h2-5,8,11H,6-7H2,1H3,(H,23,27)(H,20,22,24)(H,21,25,26)/t11-/m0/s1. The molecule has 0 unspecified atom stereocenters. The van der Waals surface area contributed by atoms with Crippen LogP contribution in [0.25, 0.3) is 22.4 Å². The number of anilines is 1. The predicted molar refractivity (Wildman–Crippen MR) is 93.3 cm³/mol. The van der Waals surface area contributed by atoms with Crippen LogP contribution >= 0.6 is 0 Å². The third-order valence-corrected chi connectivity index (χ3v) is 3.69. The van der Waals surface area contributed by atoms with Gasteiger partial charge in [-0.2, -0.15) is 13.2 Å². The van der Waals surface area contributed by atoms with Crippen LogP contribution in [-0.4, -0.2) is 63.3 Å². The summed E-state index contributed by atoms with van der Waals surface area (Å²) in [6.45, 7) is -1.58. The lowest BCUT2D eigenvalue weighted by Crippen LogP contribution is -2.45. The van der Waals surface area contributed by atoms with E-state index >= 15 is 0 Å². The number of halogens is 3. The molecule has 0 aromatic carbocycles. The average Bonchev–Trinajstić information content (AvgIpc) is 3.09. The van der Waals surface area contributed by atoms with Crippen LogP contribution < -0.4 is 10.6 Å². The van der Waals surface area contributed by atoms with Crippen molar-refractivity contribution < 1.29 is 22.7 Å². The first-order valence-electron chi connectivity index (χ1n) is 8.08. The van der Waals surface area contributed by atoms with Gasteiger partial charge in [0, 0.05) is 36.7 Å². The van der Waals surface area contributed by atoms with Crippen LogP contribution in [0, 0.1) is 0 Å². The Morgan fingerprint density at radius 1 is 1.36 bits per heavy atom. The SMILES string of the molecule is COC[C@H](Nc1ccnc(-c2c[nH]c3ncncc23)n1)C(=O)NCC(F)(F)F. The zero-order valence-corrected chi connectivity index (χ0v) is 14.6. The maximum atomic E-state index is 12.3. The molecule has 3 heterocycles. The largest absolute Gasteiger partial charge is 0.405 e. The van der Waals surface area contributed by atoms with Gasteiger partial charge in [0.2, 0.25) is 5.91 Å². The quantitative estimate of drug-likeness (QED) is 0.555. The van der Waals surface area contributed by atoms with Gasteiger partial charge in [0.25, 0.3) is 0 Å². The molecule has 0 spiro atoms. The number of aromatic amines is 1. The van der Waals surface area contributed by atoms with Crippen molar-refractivity contribution in [3.8, 4) is 11.4 Å². The molecule has 0 aliphatic carbocycles. The van der Waals surface area contributed by atoms with E-state index in [-0.39, 0.29) is 12.4 Å². The number of carbonyl (C=O) groups excluding carboxylic acids is 1. The fourth-order valence-electron chi connectivity index (χ4n) is 2.45. The summed E-state index contributed by atoms with van der Waals surface area (Å²) in [5, 5.41) is 5.30. The number of rotatable bonds is 7. The topological polar surface area (TPSA) is 118 Å². The van der Waals surface area contributed by atoms with Crippen LogP contribution in [0.1, 0.15) is 0 Å². The van der Waals surface area contributed by atoms with Crippen molar-refractivity contribution >= 4 is 22.8 Å². The van der Waals surface area contributed by atoms with Gasteiger partial charge in [0.05, 0.1) is 6.61 Å². The van der Waals surface area contributed by atoms with Crippen LogP contribution in [0.5, 0.6) is 0 Å². The number of hydrogen-bond donors (Lipinski definition) is 3. The number of hydrogen-bond acceptors (Lipinski definition) is 7. The van der Waals surface area contributed by atoms with Gasteiger partial charge < -0.3 is 20.4 Å². The predicted octanol–water partition coefficient (Wildman–Crippen LogP) is 1.52. The summed E-state index contributed by atoms with van der Waals surface area (Å²) >= 11 is 0. The summed E-state index contributed by atoms with van der Waals surface area (Å²) in [6, 6.07) is 0.426. The van der Waals surface area contributed by atoms with Gasteiger partial charge in [-0.05, 0) is 6.07 Å². The number of nitrogens with zero attached hydrogens (tertiary/aromatic N) is 4. The van der Waals surface area contributed by atoms with Crippen molar-refractivity contribution in [3.63, 3.8) is 0 Å². The molecular formula is C16H16F3N7O2. The van der Waals surface area contributed by atoms with Gasteiger partial charge in [0.1, 0.15) is 30.4 Å². The maximum absolute atomic E-state index is 12.3. The minimum Gasteiger partial charge on any atom is -0.382 e. The molecular weight excluding hydrogens is 379 g/mol. The molecule has 0 saturated heterocycles. The van der Waals surface area contributed by atoms with Crippen LogP contribution in [0.4, 0.5) is 19.0 Å². The highest BCUT2D eigenvalue weighted by Crippen LogP contribution is 2.24. The molecule has 0 aliphatic rings. The van der Waals surface area contributed by atoms with Crippen molar-refractivity contribution in [3.05, 3.63) is 31.0 Å². The smallest absolute Gasteiger partial charge is 0.382 e. The summed E-state index contributed by atoms with van der Waals surface area (Å²) in [6.07, 6.45) is 1.63. The number of nitrogens with one attached hydrogen (secondary N) is 3. The second-order valence-electron chi connectivity index (χ2n) is 5.74. The van der Waals surface area contributed by atoms with Crippen LogP contribution in [-0.2, 0) is 9.53 Å². The number of ether oxygens (including phenoxy) is 1. The number of H-pyrrole nitrogens is 1. The summed E-state index contributed by atoms with van der Waals surface area (Å²) in [5.74, 6) is -0.279. The van der Waals surface area contributed by atoms with E-state index in [0.29, 0.717) is 22.4 Å². The zero-order chi connectivity index (χ0) is 20.1. The second-order valence-corrected chi connectivity index (χ2v) is 5.74. The van der Waals surface area contributed by atoms with Gasteiger partial charge in [0.15, 0.2) is 5.82 Å². The van der Waals surface area contributed by atoms with Crippen molar-refractivity contribution in [1.29, 1.82) is 0 Å². The first-order chi connectivity index (χ1) is 13.4. The average molecular weight is 395 g/mol. The van der Waals surface area contributed by atoms with E-state index in [0.717, 1.165) is 0 Å². The third-order valence-electron chi connectivity index (χ3n) is 3.69. The molecule has 28 heavy (non-hydrogen) atoms. The fourth-order valence-corrected chi connectivity index (χ4v) is 2.45. The van der Waals surface area contributed by atoms with Gasteiger partial charge in [-0.1, -0.05) is 0 Å². The monoisotopic (exact) mass is 395 g/mol. The molecule has 0 fully saturated rings. The second kappa shape index (κ2) is 8.17. The van der Waals surface area contributed by atoms with Crippen molar-refractivity contribution in [2.24, 2.45) is 0 Å². The molecule has 12 heteroatoms.